The fraction of sp³-hybridized carbons (Fsp3) is 0.250. The number of aromatic amines is 1. The fourth-order valence-electron chi connectivity index (χ4n) is 1.16. The molecule has 0 saturated carbocycles. The molecule has 0 spiro atoms. The number of aromatic carboxylic acids is 1. The first-order chi connectivity index (χ1) is 6.97. The average molecular weight is 238 g/mol. The lowest BCUT2D eigenvalue weighted by Gasteiger charge is -2.08. The van der Waals surface area contributed by atoms with E-state index in [-0.39, 0.29) is 11.6 Å². The summed E-state index contributed by atoms with van der Waals surface area (Å²) in [6.45, 7) is 0. The van der Waals surface area contributed by atoms with Gasteiger partial charge in [0.05, 0.1) is 17.0 Å². The Hall–Kier alpha value is -1.43. The Labute approximate surface area is 87.5 Å². The molecule has 1 aromatic heterocycles. The highest BCUT2D eigenvalue weighted by Gasteiger charge is 2.22. The molecular weight excluding hydrogens is 232 g/mol. The van der Waals surface area contributed by atoms with Crippen LogP contribution in [0.2, 0.25) is 0 Å². The zero-order valence-corrected chi connectivity index (χ0v) is 8.02. The maximum absolute atomic E-state index is 12.5. The number of carboxylic acids is 1. The highest BCUT2D eigenvalue weighted by atomic mass is 35.5. The van der Waals surface area contributed by atoms with E-state index in [1.165, 1.54) is 0 Å². The van der Waals surface area contributed by atoms with Crippen LogP contribution in [-0.4, -0.2) is 16.1 Å². The number of hydrogen-bond donors (Lipinski definition) is 2. The Kier molecular flexibility index (Phi) is 3.41. The monoisotopic (exact) mass is 237 g/mol. The van der Waals surface area contributed by atoms with Crippen molar-refractivity contribution in [3.05, 3.63) is 33.2 Å². The molecule has 1 rings (SSSR count). The number of halogens is 3. The molecule has 4 nitrogen and oxygen atoms in total. The SMILES string of the molecule is O=C(O)c1cc(=O)[nH]c(CCl)c1C(F)F. The summed E-state index contributed by atoms with van der Waals surface area (Å²) in [6.07, 6.45) is -3.00. The first-order valence-corrected chi connectivity index (χ1v) is 4.34. The molecule has 0 aromatic carbocycles. The summed E-state index contributed by atoms with van der Waals surface area (Å²) in [5.41, 5.74) is -2.49. The number of alkyl halides is 3. The second kappa shape index (κ2) is 4.39. The molecule has 0 unspecified atom stereocenters. The number of carbonyl (C=O) groups is 1. The minimum absolute atomic E-state index is 0.267. The Balaban J connectivity index is 3.54. The molecule has 0 aliphatic heterocycles. The molecule has 0 bridgehead atoms. The number of H-pyrrole nitrogens is 1. The van der Waals surface area contributed by atoms with E-state index >= 15 is 0 Å². The van der Waals surface area contributed by atoms with Gasteiger partial charge >= 0.3 is 5.97 Å². The van der Waals surface area contributed by atoms with E-state index < -0.39 is 29.1 Å². The van der Waals surface area contributed by atoms with E-state index in [1.807, 2.05) is 0 Å². The third-order valence-electron chi connectivity index (χ3n) is 1.75. The Morgan fingerprint density at radius 1 is 1.60 bits per heavy atom. The van der Waals surface area contributed by atoms with Crippen molar-refractivity contribution in [2.45, 2.75) is 12.3 Å². The van der Waals surface area contributed by atoms with Gasteiger partial charge in [-0.15, -0.1) is 11.6 Å². The number of nitrogens with one attached hydrogen (secondary N) is 1. The Morgan fingerprint density at radius 3 is 2.60 bits per heavy atom. The Morgan fingerprint density at radius 2 is 2.20 bits per heavy atom. The van der Waals surface area contributed by atoms with Crippen LogP contribution < -0.4 is 5.56 Å². The quantitative estimate of drug-likeness (QED) is 0.787. The van der Waals surface area contributed by atoms with E-state index in [9.17, 15) is 18.4 Å². The van der Waals surface area contributed by atoms with Crippen LogP contribution in [0.15, 0.2) is 10.9 Å². The Bertz CT molecular complexity index is 444. The standard InChI is InChI=1S/C8H6ClF2NO3/c9-2-4-6(7(10)11)3(8(14)15)1-5(13)12-4/h1,7H,2H2,(H,12,13)(H,14,15). The second-order valence-electron chi connectivity index (χ2n) is 2.68. The van der Waals surface area contributed by atoms with Crippen molar-refractivity contribution in [3.8, 4) is 0 Å². The van der Waals surface area contributed by atoms with E-state index in [2.05, 4.69) is 4.98 Å². The minimum atomic E-state index is -3.00. The van der Waals surface area contributed by atoms with Gasteiger partial charge in [-0.2, -0.15) is 0 Å². The molecule has 0 atom stereocenters. The van der Waals surface area contributed by atoms with Crippen molar-refractivity contribution in [1.82, 2.24) is 4.98 Å². The van der Waals surface area contributed by atoms with Crippen LogP contribution in [0.5, 0.6) is 0 Å². The van der Waals surface area contributed by atoms with Crippen molar-refractivity contribution < 1.29 is 18.7 Å². The zero-order chi connectivity index (χ0) is 11.6. The molecule has 15 heavy (non-hydrogen) atoms. The predicted molar refractivity (Wildman–Crippen MR) is 48.5 cm³/mol. The van der Waals surface area contributed by atoms with E-state index in [0.29, 0.717) is 6.07 Å². The summed E-state index contributed by atoms with van der Waals surface area (Å²) in [5, 5.41) is 8.63. The third-order valence-corrected chi connectivity index (χ3v) is 2.01. The summed E-state index contributed by atoms with van der Waals surface area (Å²) in [7, 11) is 0. The molecule has 1 aromatic rings. The summed E-state index contributed by atoms with van der Waals surface area (Å²) in [4.78, 5) is 23.6. The van der Waals surface area contributed by atoms with Gasteiger partial charge in [-0.3, -0.25) is 4.79 Å². The summed E-state index contributed by atoms with van der Waals surface area (Å²) < 4.78 is 25.0. The van der Waals surface area contributed by atoms with Crippen molar-refractivity contribution >= 4 is 17.6 Å². The van der Waals surface area contributed by atoms with Crippen LogP contribution in [0.25, 0.3) is 0 Å². The largest absolute Gasteiger partial charge is 0.478 e. The highest BCUT2D eigenvalue weighted by molar-refractivity contribution is 6.17. The molecular formula is C8H6ClF2NO3. The van der Waals surface area contributed by atoms with Gasteiger partial charge in [0.15, 0.2) is 0 Å². The van der Waals surface area contributed by atoms with E-state index in [0.717, 1.165) is 0 Å². The molecule has 2 N–H and O–H groups in total. The maximum Gasteiger partial charge on any atom is 0.336 e. The lowest BCUT2D eigenvalue weighted by atomic mass is 10.1. The molecule has 1 heterocycles. The van der Waals surface area contributed by atoms with Crippen LogP contribution in [0.4, 0.5) is 8.78 Å². The molecule has 0 aliphatic rings. The number of aromatic nitrogens is 1. The van der Waals surface area contributed by atoms with Crippen molar-refractivity contribution in [1.29, 1.82) is 0 Å². The maximum atomic E-state index is 12.5. The van der Waals surface area contributed by atoms with Crippen LogP contribution >= 0.6 is 11.6 Å². The molecule has 0 fully saturated rings. The van der Waals surface area contributed by atoms with Gasteiger partial charge < -0.3 is 10.1 Å². The van der Waals surface area contributed by atoms with Gasteiger partial charge in [0.2, 0.25) is 5.56 Å². The molecule has 0 amide bonds. The van der Waals surface area contributed by atoms with Gasteiger partial charge in [0.1, 0.15) is 0 Å². The molecule has 0 saturated heterocycles. The first kappa shape index (κ1) is 11.6. The van der Waals surface area contributed by atoms with E-state index in [4.69, 9.17) is 16.7 Å². The van der Waals surface area contributed by atoms with Gasteiger partial charge in [0.25, 0.3) is 6.43 Å². The van der Waals surface area contributed by atoms with Crippen LogP contribution in [0.3, 0.4) is 0 Å². The number of hydrogen-bond acceptors (Lipinski definition) is 2. The van der Waals surface area contributed by atoms with Crippen LogP contribution in [0.1, 0.15) is 28.0 Å². The minimum Gasteiger partial charge on any atom is -0.478 e. The molecule has 82 valence electrons. The van der Waals surface area contributed by atoms with Gasteiger partial charge in [-0.05, 0) is 0 Å². The summed E-state index contributed by atoms with van der Waals surface area (Å²) in [5.74, 6) is -1.96. The van der Waals surface area contributed by atoms with Crippen molar-refractivity contribution in [2.75, 3.05) is 0 Å². The van der Waals surface area contributed by atoms with Gasteiger partial charge in [-0.25, -0.2) is 13.6 Å². The molecule has 0 aliphatic carbocycles. The van der Waals surface area contributed by atoms with Gasteiger partial charge in [0, 0.05) is 11.8 Å². The normalized spacial score (nSPS) is 10.7. The van der Waals surface area contributed by atoms with Gasteiger partial charge in [-0.1, -0.05) is 0 Å². The summed E-state index contributed by atoms with van der Waals surface area (Å²) in [6, 6.07) is 0.611. The first-order valence-electron chi connectivity index (χ1n) is 3.81. The third kappa shape index (κ3) is 2.33. The zero-order valence-electron chi connectivity index (χ0n) is 7.26. The lowest BCUT2D eigenvalue weighted by Crippen LogP contribution is -2.16. The van der Waals surface area contributed by atoms with Crippen LogP contribution in [0, 0.1) is 0 Å². The highest BCUT2D eigenvalue weighted by Crippen LogP contribution is 2.25. The number of pyridine rings is 1. The second-order valence-corrected chi connectivity index (χ2v) is 2.95. The molecule has 7 heteroatoms. The average Bonchev–Trinajstić information content (AvgIpc) is 2.15. The van der Waals surface area contributed by atoms with Crippen LogP contribution in [-0.2, 0) is 5.88 Å². The van der Waals surface area contributed by atoms with E-state index in [1.54, 1.807) is 0 Å². The number of carboxylic acid groups (broad SMARTS) is 1. The molecule has 0 radical (unpaired) electrons. The fourth-order valence-corrected chi connectivity index (χ4v) is 1.37. The van der Waals surface area contributed by atoms with Crippen molar-refractivity contribution in [3.63, 3.8) is 0 Å². The lowest BCUT2D eigenvalue weighted by molar-refractivity contribution is 0.0683. The predicted octanol–water partition coefficient (Wildman–Crippen LogP) is 1.75. The summed E-state index contributed by atoms with van der Waals surface area (Å²) >= 11 is 5.33. The van der Waals surface area contributed by atoms with Crippen molar-refractivity contribution in [2.24, 2.45) is 0 Å². The number of rotatable bonds is 3. The topological polar surface area (TPSA) is 70.2 Å². The smallest absolute Gasteiger partial charge is 0.336 e.